The number of ether oxygens (including phenoxy) is 1. The van der Waals surface area contributed by atoms with E-state index in [0.29, 0.717) is 5.76 Å². The first-order chi connectivity index (χ1) is 4.33. The molecular formula is C8H17NO. The van der Waals surface area contributed by atoms with Crippen LogP contribution in [-0.4, -0.2) is 11.6 Å². The lowest BCUT2D eigenvalue weighted by Crippen LogP contribution is -2.26. The maximum atomic E-state index is 5.52. The zero-order valence-corrected chi connectivity index (χ0v) is 7.27. The predicted molar refractivity (Wildman–Crippen MR) is 43.6 cm³/mol. The Morgan fingerprint density at radius 3 is 2.00 bits per heavy atom. The molecule has 0 aliphatic heterocycles. The lowest BCUT2D eigenvalue weighted by molar-refractivity contribution is 0.0449. The average molecular weight is 143 g/mol. The summed E-state index contributed by atoms with van der Waals surface area (Å²) < 4.78 is 5.38. The molecule has 0 aromatic heterocycles. The van der Waals surface area contributed by atoms with E-state index in [1.54, 1.807) is 0 Å². The third kappa shape index (κ3) is 4.39. The van der Waals surface area contributed by atoms with Crippen molar-refractivity contribution in [3.8, 4) is 0 Å². The molecule has 0 spiro atoms. The van der Waals surface area contributed by atoms with E-state index in [0.717, 1.165) is 0 Å². The molecule has 0 aliphatic rings. The summed E-state index contributed by atoms with van der Waals surface area (Å²) in [7, 11) is 0. The van der Waals surface area contributed by atoms with E-state index in [-0.39, 0.29) is 11.6 Å². The van der Waals surface area contributed by atoms with Crippen LogP contribution >= 0.6 is 0 Å². The molecule has 0 radical (unpaired) electrons. The highest BCUT2D eigenvalue weighted by molar-refractivity contribution is 4.93. The van der Waals surface area contributed by atoms with Crippen molar-refractivity contribution in [2.45, 2.75) is 39.3 Å². The van der Waals surface area contributed by atoms with Crippen molar-refractivity contribution >= 4 is 0 Å². The van der Waals surface area contributed by atoms with Gasteiger partial charge in [0.15, 0.2) is 0 Å². The molecule has 0 rings (SSSR count). The molecule has 0 bridgehead atoms. The quantitative estimate of drug-likeness (QED) is 0.597. The summed E-state index contributed by atoms with van der Waals surface area (Å²) in [5, 5.41) is 0. The fourth-order valence-electron chi connectivity index (χ4n) is 0.486. The van der Waals surface area contributed by atoms with Crippen molar-refractivity contribution in [2.75, 3.05) is 0 Å². The topological polar surface area (TPSA) is 35.2 Å². The first-order valence-corrected chi connectivity index (χ1v) is 3.46. The van der Waals surface area contributed by atoms with Gasteiger partial charge in [-0.05, 0) is 27.7 Å². The van der Waals surface area contributed by atoms with Crippen LogP contribution in [0.3, 0.4) is 0 Å². The molecule has 1 atom stereocenters. The van der Waals surface area contributed by atoms with Gasteiger partial charge < -0.3 is 10.5 Å². The molecule has 2 N–H and O–H groups in total. The summed E-state index contributed by atoms with van der Waals surface area (Å²) in [6, 6.07) is -0.0841. The Bertz CT molecular complexity index is 122. The summed E-state index contributed by atoms with van der Waals surface area (Å²) >= 11 is 0. The summed E-state index contributed by atoms with van der Waals surface area (Å²) in [6.45, 7) is 11.5. The predicted octanol–water partition coefficient (Wildman–Crippen LogP) is 1.66. The van der Waals surface area contributed by atoms with E-state index in [1.165, 1.54) is 0 Å². The molecule has 0 heterocycles. The van der Waals surface area contributed by atoms with Crippen LogP contribution in [-0.2, 0) is 4.74 Å². The highest BCUT2D eigenvalue weighted by Gasteiger charge is 2.13. The summed E-state index contributed by atoms with van der Waals surface area (Å²) in [5.41, 5.74) is 5.34. The lowest BCUT2D eigenvalue weighted by Gasteiger charge is -2.24. The van der Waals surface area contributed by atoms with Gasteiger partial charge in [0.25, 0.3) is 0 Å². The molecule has 0 aliphatic carbocycles. The second kappa shape index (κ2) is 3.06. The van der Waals surface area contributed by atoms with Crippen molar-refractivity contribution in [2.24, 2.45) is 5.73 Å². The Balaban J connectivity index is 3.81. The largest absolute Gasteiger partial charge is 0.491 e. The van der Waals surface area contributed by atoms with Gasteiger partial charge in [-0.2, -0.15) is 0 Å². The van der Waals surface area contributed by atoms with Crippen molar-refractivity contribution < 1.29 is 4.74 Å². The SMILES string of the molecule is C=C(OC(C)(C)C)C(C)N. The Kier molecular flexibility index (Phi) is 2.91. The van der Waals surface area contributed by atoms with E-state index < -0.39 is 0 Å². The Morgan fingerprint density at radius 2 is 1.90 bits per heavy atom. The van der Waals surface area contributed by atoms with Crippen LogP contribution in [0.2, 0.25) is 0 Å². The monoisotopic (exact) mass is 143 g/mol. The van der Waals surface area contributed by atoms with E-state index in [4.69, 9.17) is 10.5 Å². The zero-order chi connectivity index (χ0) is 8.36. The third-order valence-corrected chi connectivity index (χ3v) is 0.945. The zero-order valence-electron chi connectivity index (χ0n) is 7.27. The normalized spacial score (nSPS) is 14.5. The van der Waals surface area contributed by atoms with Gasteiger partial charge in [0, 0.05) is 0 Å². The second-order valence-electron chi connectivity index (χ2n) is 3.47. The summed E-state index contributed by atoms with van der Waals surface area (Å²) in [5.74, 6) is 0.646. The molecule has 0 aromatic carbocycles. The van der Waals surface area contributed by atoms with Crippen LogP contribution in [0.1, 0.15) is 27.7 Å². The second-order valence-corrected chi connectivity index (χ2v) is 3.47. The fraction of sp³-hybridized carbons (Fsp3) is 0.750. The summed E-state index contributed by atoms with van der Waals surface area (Å²) in [6.07, 6.45) is 0. The van der Waals surface area contributed by atoms with Crippen molar-refractivity contribution in [3.05, 3.63) is 12.3 Å². The standard InChI is InChI=1S/C8H17NO/c1-6(9)7(2)10-8(3,4)5/h6H,2,9H2,1,3-5H3. The summed E-state index contributed by atoms with van der Waals surface area (Å²) in [4.78, 5) is 0. The third-order valence-electron chi connectivity index (χ3n) is 0.945. The van der Waals surface area contributed by atoms with Crippen LogP contribution in [0.25, 0.3) is 0 Å². The molecule has 60 valence electrons. The van der Waals surface area contributed by atoms with Gasteiger partial charge in [-0.15, -0.1) is 0 Å². The molecule has 1 unspecified atom stereocenters. The van der Waals surface area contributed by atoms with Crippen LogP contribution < -0.4 is 5.73 Å². The lowest BCUT2D eigenvalue weighted by atomic mass is 10.2. The van der Waals surface area contributed by atoms with E-state index in [1.807, 2.05) is 27.7 Å². The van der Waals surface area contributed by atoms with Crippen LogP contribution in [0, 0.1) is 0 Å². The van der Waals surface area contributed by atoms with Gasteiger partial charge in [0.2, 0.25) is 0 Å². The van der Waals surface area contributed by atoms with Crippen molar-refractivity contribution in [3.63, 3.8) is 0 Å². The molecule has 0 saturated heterocycles. The minimum absolute atomic E-state index is 0.0841. The molecule has 0 saturated carbocycles. The van der Waals surface area contributed by atoms with Gasteiger partial charge in [-0.1, -0.05) is 6.58 Å². The fourth-order valence-corrected chi connectivity index (χ4v) is 0.486. The van der Waals surface area contributed by atoms with Gasteiger partial charge in [-0.25, -0.2) is 0 Å². The first-order valence-electron chi connectivity index (χ1n) is 3.46. The van der Waals surface area contributed by atoms with E-state index in [9.17, 15) is 0 Å². The van der Waals surface area contributed by atoms with Gasteiger partial charge in [0.05, 0.1) is 6.04 Å². The smallest absolute Gasteiger partial charge is 0.106 e. The Morgan fingerprint density at radius 1 is 1.50 bits per heavy atom. The van der Waals surface area contributed by atoms with E-state index >= 15 is 0 Å². The highest BCUT2D eigenvalue weighted by Crippen LogP contribution is 2.13. The molecular weight excluding hydrogens is 126 g/mol. The molecule has 10 heavy (non-hydrogen) atoms. The molecule has 0 fully saturated rings. The maximum Gasteiger partial charge on any atom is 0.106 e. The van der Waals surface area contributed by atoms with Gasteiger partial charge >= 0.3 is 0 Å². The Hall–Kier alpha value is -0.500. The minimum Gasteiger partial charge on any atom is -0.491 e. The number of hydrogen-bond acceptors (Lipinski definition) is 2. The van der Waals surface area contributed by atoms with Crippen LogP contribution in [0.15, 0.2) is 12.3 Å². The molecule has 0 aromatic rings. The number of rotatable bonds is 2. The molecule has 2 heteroatoms. The maximum absolute atomic E-state index is 5.52. The molecule has 2 nitrogen and oxygen atoms in total. The number of hydrogen-bond donors (Lipinski definition) is 1. The number of nitrogens with two attached hydrogens (primary N) is 1. The minimum atomic E-state index is -0.176. The van der Waals surface area contributed by atoms with E-state index in [2.05, 4.69) is 6.58 Å². The average Bonchev–Trinajstić information content (AvgIpc) is 1.60. The van der Waals surface area contributed by atoms with Gasteiger partial charge in [0.1, 0.15) is 11.4 Å². The van der Waals surface area contributed by atoms with Crippen molar-refractivity contribution in [1.82, 2.24) is 0 Å². The molecule has 0 amide bonds. The van der Waals surface area contributed by atoms with Crippen LogP contribution in [0.4, 0.5) is 0 Å². The first kappa shape index (κ1) is 9.50. The Labute approximate surface area is 63.1 Å². The van der Waals surface area contributed by atoms with Gasteiger partial charge in [-0.3, -0.25) is 0 Å². The van der Waals surface area contributed by atoms with Crippen LogP contribution in [0.5, 0.6) is 0 Å². The van der Waals surface area contributed by atoms with Crippen molar-refractivity contribution in [1.29, 1.82) is 0 Å². The highest BCUT2D eigenvalue weighted by atomic mass is 16.5.